The van der Waals surface area contributed by atoms with E-state index < -0.39 is 6.10 Å². The average Bonchev–Trinajstić information content (AvgIpc) is 2.38. The van der Waals surface area contributed by atoms with Crippen molar-refractivity contribution in [2.75, 3.05) is 11.9 Å². The second-order valence-corrected chi connectivity index (χ2v) is 5.15. The van der Waals surface area contributed by atoms with Crippen molar-refractivity contribution < 1.29 is 5.11 Å². The van der Waals surface area contributed by atoms with Gasteiger partial charge in [-0.2, -0.15) is 0 Å². The van der Waals surface area contributed by atoms with Gasteiger partial charge in [0.1, 0.15) is 0 Å². The molecule has 2 N–H and O–H groups in total. The minimum atomic E-state index is -0.545. The number of hydrogen-bond donors (Lipinski definition) is 2. The first kappa shape index (κ1) is 13.9. The Balaban J connectivity index is 2.04. The van der Waals surface area contributed by atoms with Gasteiger partial charge in [0.15, 0.2) is 0 Å². The van der Waals surface area contributed by atoms with Crippen LogP contribution in [-0.4, -0.2) is 11.7 Å². The number of aryl methyl sites for hydroxylation is 2. The third kappa shape index (κ3) is 3.49. The number of anilines is 1. The maximum atomic E-state index is 10.1. The number of rotatable bonds is 4. The molecule has 19 heavy (non-hydrogen) atoms. The van der Waals surface area contributed by atoms with Gasteiger partial charge in [-0.05, 0) is 42.7 Å². The summed E-state index contributed by atoms with van der Waals surface area (Å²) in [6.45, 7) is 4.60. The molecule has 0 spiro atoms. The molecule has 2 aromatic carbocycles. The van der Waals surface area contributed by atoms with Crippen molar-refractivity contribution in [2.45, 2.75) is 20.0 Å². The zero-order valence-electron chi connectivity index (χ0n) is 11.2. The van der Waals surface area contributed by atoms with E-state index in [9.17, 15) is 5.11 Å². The standard InChI is InChI=1S/C16H18ClNO/c1-11-4-3-5-12(2)16(11)18-10-15(19)13-6-8-14(17)9-7-13/h3-9,15,18-19H,10H2,1-2H3. The van der Waals surface area contributed by atoms with E-state index in [4.69, 9.17) is 11.6 Å². The van der Waals surface area contributed by atoms with Crippen LogP contribution in [0.25, 0.3) is 0 Å². The van der Waals surface area contributed by atoms with Crippen LogP contribution in [0.4, 0.5) is 5.69 Å². The van der Waals surface area contributed by atoms with Crippen LogP contribution >= 0.6 is 11.6 Å². The first-order valence-electron chi connectivity index (χ1n) is 6.31. The molecule has 0 saturated carbocycles. The van der Waals surface area contributed by atoms with Crippen LogP contribution in [0.15, 0.2) is 42.5 Å². The first-order valence-corrected chi connectivity index (χ1v) is 6.69. The van der Waals surface area contributed by atoms with Gasteiger partial charge in [0.25, 0.3) is 0 Å². The van der Waals surface area contributed by atoms with E-state index in [0.717, 1.165) is 11.3 Å². The predicted octanol–water partition coefficient (Wildman–Crippen LogP) is 4.10. The monoisotopic (exact) mass is 275 g/mol. The summed E-state index contributed by atoms with van der Waals surface area (Å²) in [7, 11) is 0. The summed E-state index contributed by atoms with van der Waals surface area (Å²) >= 11 is 5.83. The molecule has 1 unspecified atom stereocenters. The number of aliphatic hydroxyl groups is 1. The molecular formula is C16H18ClNO. The van der Waals surface area contributed by atoms with Crippen LogP contribution in [0, 0.1) is 13.8 Å². The molecule has 0 aromatic heterocycles. The van der Waals surface area contributed by atoms with Crippen molar-refractivity contribution in [3.8, 4) is 0 Å². The van der Waals surface area contributed by atoms with Crippen LogP contribution in [0.3, 0.4) is 0 Å². The molecule has 2 nitrogen and oxygen atoms in total. The molecule has 100 valence electrons. The summed E-state index contributed by atoms with van der Waals surface area (Å²) in [5.41, 5.74) is 4.32. The SMILES string of the molecule is Cc1cccc(C)c1NCC(O)c1ccc(Cl)cc1. The van der Waals surface area contributed by atoms with Gasteiger partial charge in [-0.25, -0.2) is 0 Å². The molecule has 0 amide bonds. The van der Waals surface area contributed by atoms with Crippen LogP contribution in [0.2, 0.25) is 5.02 Å². The number of nitrogens with one attached hydrogen (secondary N) is 1. The van der Waals surface area contributed by atoms with E-state index in [1.165, 1.54) is 11.1 Å². The van der Waals surface area contributed by atoms with Crippen LogP contribution < -0.4 is 5.32 Å². The van der Waals surface area contributed by atoms with Gasteiger partial charge < -0.3 is 10.4 Å². The zero-order chi connectivity index (χ0) is 13.8. The van der Waals surface area contributed by atoms with Gasteiger partial charge in [0, 0.05) is 17.3 Å². The minimum Gasteiger partial charge on any atom is -0.387 e. The third-order valence-electron chi connectivity index (χ3n) is 3.21. The molecule has 2 rings (SSSR count). The highest BCUT2D eigenvalue weighted by Gasteiger charge is 2.08. The fourth-order valence-electron chi connectivity index (χ4n) is 2.09. The van der Waals surface area contributed by atoms with Crippen LogP contribution in [-0.2, 0) is 0 Å². The highest BCUT2D eigenvalue weighted by atomic mass is 35.5. The minimum absolute atomic E-state index is 0.479. The number of aliphatic hydroxyl groups excluding tert-OH is 1. The highest BCUT2D eigenvalue weighted by Crippen LogP contribution is 2.22. The van der Waals surface area contributed by atoms with Crippen molar-refractivity contribution in [3.63, 3.8) is 0 Å². The van der Waals surface area contributed by atoms with Crippen molar-refractivity contribution >= 4 is 17.3 Å². The molecule has 0 heterocycles. The van der Waals surface area contributed by atoms with Gasteiger partial charge in [-0.15, -0.1) is 0 Å². The number of benzene rings is 2. The smallest absolute Gasteiger partial charge is 0.0962 e. The van der Waals surface area contributed by atoms with Crippen molar-refractivity contribution in [3.05, 3.63) is 64.2 Å². The largest absolute Gasteiger partial charge is 0.387 e. The normalized spacial score (nSPS) is 12.2. The molecule has 0 bridgehead atoms. The molecule has 2 aromatic rings. The average molecular weight is 276 g/mol. The summed E-state index contributed by atoms with van der Waals surface area (Å²) in [5.74, 6) is 0. The van der Waals surface area contributed by atoms with Gasteiger partial charge in [0.05, 0.1) is 6.10 Å². The van der Waals surface area contributed by atoms with Crippen molar-refractivity contribution in [1.82, 2.24) is 0 Å². The lowest BCUT2D eigenvalue weighted by Gasteiger charge is -2.16. The number of halogens is 1. The van der Waals surface area contributed by atoms with Crippen LogP contribution in [0.1, 0.15) is 22.8 Å². The molecule has 1 atom stereocenters. The van der Waals surface area contributed by atoms with E-state index in [0.29, 0.717) is 11.6 Å². The maximum absolute atomic E-state index is 10.1. The van der Waals surface area contributed by atoms with E-state index in [2.05, 4.69) is 31.3 Å². The number of para-hydroxylation sites is 1. The lowest BCUT2D eigenvalue weighted by Crippen LogP contribution is -2.13. The summed E-state index contributed by atoms with van der Waals surface area (Å²) in [5, 5.41) is 14.1. The van der Waals surface area contributed by atoms with Crippen molar-refractivity contribution in [1.29, 1.82) is 0 Å². The van der Waals surface area contributed by atoms with E-state index in [-0.39, 0.29) is 0 Å². The number of hydrogen-bond acceptors (Lipinski definition) is 2. The topological polar surface area (TPSA) is 32.3 Å². The lowest BCUT2D eigenvalue weighted by molar-refractivity contribution is 0.191. The Morgan fingerprint density at radius 2 is 1.63 bits per heavy atom. The van der Waals surface area contributed by atoms with Crippen LogP contribution in [0.5, 0.6) is 0 Å². The summed E-state index contributed by atoms with van der Waals surface area (Å²) in [4.78, 5) is 0. The second-order valence-electron chi connectivity index (χ2n) is 4.72. The van der Waals surface area contributed by atoms with Gasteiger partial charge in [-0.1, -0.05) is 41.9 Å². The van der Waals surface area contributed by atoms with Gasteiger partial charge in [0.2, 0.25) is 0 Å². The van der Waals surface area contributed by atoms with E-state index in [1.807, 2.05) is 18.2 Å². The maximum Gasteiger partial charge on any atom is 0.0962 e. The van der Waals surface area contributed by atoms with Crippen molar-refractivity contribution in [2.24, 2.45) is 0 Å². The fourth-order valence-corrected chi connectivity index (χ4v) is 2.22. The molecule has 0 radical (unpaired) electrons. The Bertz CT molecular complexity index is 531. The zero-order valence-corrected chi connectivity index (χ0v) is 11.9. The highest BCUT2D eigenvalue weighted by molar-refractivity contribution is 6.30. The lowest BCUT2D eigenvalue weighted by atomic mass is 10.1. The predicted molar refractivity (Wildman–Crippen MR) is 80.8 cm³/mol. The Kier molecular flexibility index (Phi) is 4.46. The summed E-state index contributed by atoms with van der Waals surface area (Å²) < 4.78 is 0. The Hall–Kier alpha value is -1.51. The molecule has 0 saturated heterocycles. The van der Waals surface area contributed by atoms with Gasteiger partial charge in [-0.3, -0.25) is 0 Å². The first-order chi connectivity index (χ1) is 9.08. The third-order valence-corrected chi connectivity index (χ3v) is 3.46. The van der Waals surface area contributed by atoms with Gasteiger partial charge >= 0.3 is 0 Å². The second kappa shape index (κ2) is 6.09. The molecule has 0 aliphatic carbocycles. The Labute approximate surface area is 119 Å². The molecule has 0 fully saturated rings. The molecule has 0 aliphatic heterocycles. The molecule has 3 heteroatoms. The fraction of sp³-hybridized carbons (Fsp3) is 0.250. The van der Waals surface area contributed by atoms with E-state index >= 15 is 0 Å². The molecular weight excluding hydrogens is 258 g/mol. The Morgan fingerprint density at radius 3 is 2.21 bits per heavy atom. The summed E-state index contributed by atoms with van der Waals surface area (Å²) in [6.07, 6.45) is -0.545. The summed E-state index contributed by atoms with van der Waals surface area (Å²) in [6, 6.07) is 13.4. The quantitative estimate of drug-likeness (QED) is 0.880. The Morgan fingerprint density at radius 1 is 1.05 bits per heavy atom. The molecule has 0 aliphatic rings. The van der Waals surface area contributed by atoms with E-state index in [1.54, 1.807) is 12.1 Å².